The molecule has 1 amide bonds. The second-order valence-electron chi connectivity index (χ2n) is 4.85. The molecule has 4 nitrogen and oxygen atoms in total. The van der Waals surface area contributed by atoms with Gasteiger partial charge < -0.3 is 5.32 Å². The van der Waals surface area contributed by atoms with Crippen molar-refractivity contribution in [2.24, 2.45) is 0 Å². The van der Waals surface area contributed by atoms with Crippen molar-refractivity contribution in [3.8, 4) is 0 Å². The number of rotatable bonds is 3. The van der Waals surface area contributed by atoms with Gasteiger partial charge in [0.15, 0.2) is 0 Å². The third-order valence-electron chi connectivity index (χ3n) is 3.68. The molecule has 4 heteroatoms. The quantitative estimate of drug-likeness (QED) is 0.913. The number of benzene rings is 1. The highest BCUT2D eigenvalue weighted by atomic mass is 16.2. The summed E-state index contributed by atoms with van der Waals surface area (Å²) in [5.74, 6) is -0.156. The predicted octanol–water partition coefficient (Wildman–Crippen LogP) is 2.29. The van der Waals surface area contributed by atoms with Gasteiger partial charge in [-0.25, -0.2) is 4.98 Å². The van der Waals surface area contributed by atoms with Crippen LogP contribution in [0.1, 0.15) is 35.3 Å². The Labute approximate surface area is 111 Å². The van der Waals surface area contributed by atoms with Crippen LogP contribution in [0.25, 0.3) is 0 Å². The van der Waals surface area contributed by atoms with E-state index in [4.69, 9.17) is 0 Å². The maximum absolute atomic E-state index is 12.2. The second kappa shape index (κ2) is 4.80. The van der Waals surface area contributed by atoms with E-state index in [1.807, 2.05) is 18.2 Å². The van der Waals surface area contributed by atoms with Crippen molar-refractivity contribution < 1.29 is 4.79 Å². The fourth-order valence-electron chi connectivity index (χ4n) is 2.47. The lowest BCUT2D eigenvalue weighted by atomic mass is 9.71. The average molecular weight is 253 g/mol. The molecule has 0 aliphatic heterocycles. The van der Waals surface area contributed by atoms with Gasteiger partial charge in [0.05, 0.1) is 11.7 Å². The van der Waals surface area contributed by atoms with Crippen LogP contribution in [0, 0.1) is 0 Å². The highest BCUT2D eigenvalue weighted by Crippen LogP contribution is 2.41. The molecule has 0 spiro atoms. The Hall–Kier alpha value is -2.23. The zero-order valence-electron chi connectivity index (χ0n) is 10.5. The van der Waals surface area contributed by atoms with E-state index < -0.39 is 0 Å². The van der Waals surface area contributed by atoms with Gasteiger partial charge in [0.25, 0.3) is 5.91 Å². The van der Waals surface area contributed by atoms with E-state index in [9.17, 15) is 4.79 Å². The highest BCUT2D eigenvalue weighted by Gasteiger charge is 2.40. The van der Waals surface area contributed by atoms with Crippen LogP contribution in [0.4, 0.5) is 0 Å². The van der Waals surface area contributed by atoms with Crippen molar-refractivity contribution in [2.75, 3.05) is 0 Å². The lowest BCUT2D eigenvalue weighted by Gasteiger charge is -2.43. The minimum atomic E-state index is -0.226. The van der Waals surface area contributed by atoms with Crippen LogP contribution in [0.5, 0.6) is 0 Å². The fraction of sp³-hybridized carbons (Fsp3) is 0.267. The summed E-state index contributed by atoms with van der Waals surface area (Å²) in [6.07, 6.45) is 7.67. The number of hydrogen-bond acceptors (Lipinski definition) is 3. The molecule has 0 saturated heterocycles. The Morgan fingerprint density at radius 3 is 2.53 bits per heavy atom. The van der Waals surface area contributed by atoms with E-state index >= 15 is 0 Å². The third-order valence-corrected chi connectivity index (χ3v) is 3.68. The van der Waals surface area contributed by atoms with Crippen molar-refractivity contribution in [3.63, 3.8) is 0 Å². The minimum absolute atomic E-state index is 0.156. The molecular formula is C15H15N3O. The Morgan fingerprint density at radius 1 is 1.16 bits per heavy atom. The van der Waals surface area contributed by atoms with E-state index in [0.29, 0.717) is 5.69 Å². The zero-order valence-corrected chi connectivity index (χ0v) is 10.5. The molecule has 3 rings (SSSR count). The summed E-state index contributed by atoms with van der Waals surface area (Å²) in [6.45, 7) is 0. The molecule has 1 aromatic carbocycles. The maximum atomic E-state index is 12.2. The molecule has 0 radical (unpaired) electrons. The van der Waals surface area contributed by atoms with Crippen LogP contribution < -0.4 is 5.32 Å². The molecular weight excluding hydrogens is 238 g/mol. The maximum Gasteiger partial charge on any atom is 0.272 e. The Bertz CT molecular complexity index is 564. The van der Waals surface area contributed by atoms with Gasteiger partial charge in [0.2, 0.25) is 0 Å². The molecule has 0 atom stereocenters. The molecule has 1 aliphatic carbocycles. The number of carbonyl (C=O) groups is 1. The smallest absolute Gasteiger partial charge is 0.272 e. The molecule has 1 N–H and O–H groups in total. The van der Waals surface area contributed by atoms with Gasteiger partial charge in [-0.05, 0) is 24.8 Å². The molecule has 96 valence electrons. The van der Waals surface area contributed by atoms with E-state index in [0.717, 1.165) is 19.3 Å². The number of hydrogen-bond donors (Lipinski definition) is 1. The number of aromatic nitrogens is 2. The number of nitrogens with one attached hydrogen (secondary N) is 1. The van der Waals surface area contributed by atoms with Crippen LogP contribution in [-0.2, 0) is 5.54 Å². The molecule has 1 aliphatic rings. The highest BCUT2D eigenvalue weighted by molar-refractivity contribution is 5.92. The summed E-state index contributed by atoms with van der Waals surface area (Å²) in [4.78, 5) is 20.2. The topological polar surface area (TPSA) is 54.9 Å². The zero-order chi connectivity index (χ0) is 13.1. The molecule has 2 aromatic rings. The Balaban J connectivity index is 1.83. The lowest BCUT2D eigenvalue weighted by Crippen LogP contribution is -2.50. The van der Waals surface area contributed by atoms with Gasteiger partial charge in [-0.2, -0.15) is 0 Å². The van der Waals surface area contributed by atoms with E-state index in [2.05, 4.69) is 27.4 Å². The second-order valence-corrected chi connectivity index (χ2v) is 4.85. The molecule has 1 saturated carbocycles. The predicted molar refractivity (Wildman–Crippen MR) is 71.5 cm³/mol. The van der Waals surface area contributed by atoms with E-state index in [1.165, 1.54) is 18.0 Å². The molecule has 19 heavy (non-hydrogen) atoms. The molecule has 0 bridgehead atoms. The first kappa shape index (κ1) is 11.8. The average Bonchev–Trinajstić information content (AvgIpc) is 2.44. The largest absolute Gasteiger partial charge is 0.341 e. The summed E-state index contributed by atoms with van der Waals surface area (Å²) < 4.78 is 0. The summed E-state index contributed by atoms with van der Waals surface area (Å²) in [5.41, 5.74) is 1.30. The standard InChI is InChI=1S/C15H15N3O/c19-14(13-11-16-9-10-17-13)18-15(7-4-8-15)12-5-2-1-3-6-12/h1-3,5-6,9-11H,4,7-8H2,(H,18,19). The molecule has 1 heterocycles. The third kappa shape index (κ3) is 2.21. The van der Waals surface area contributed by atoms with Gasteiger partial charge in [0.1, 0.15) is 5.69 Å². The first-order valence-electron chi connectivity index (χ1n) is 6.44. The van der Waals surface area contributed by atoms with Crippen LogP contribution in [0.3, 0.4) is 0 Å². The van der Waals surface area contributed by atoms with Crippen molar-refractivity contribution in [1.29, 1.82) is 0 Å². The van der Waals surface area contributed by atoms with E-state index in [-0.39, 0.29) is 11.4 Å². The Kier molecular flexibility index (Phi) is 2.99. The SMILES string of the molecule is O=C(NC1(c2ccccc2)CCC1)c1cnccn1. The summed E-state index contributed by atoms with van der Waals surface area (Å²) >= 11 is 0. The first-order valence-corrected chi connectivity index (χ1v) is 6.44. The summed E-state index contributed by atoms with van der Waals surface area (Å²) in [6, 6.07) is 10.1. The van der Waals surface area contributed by atoms with E-state index in [1.54, 1.807) is 6.20 Å². The summed E-state index contributed by atoms with van der Waals surface area (Å²) in [5, 5.41) is 3.12. The van der Waals surface area contributed by atoms with Crippen LogP contribution in [0.15, 0.2) is 48.9 Å². The summed E-state index contributed by atoms with van der Waals surface area (Å²) in [7, 11) is 0. The van der Waals surface area contributed by atoms with Gasteiger partial charge in [-0.1, -0.05) is 30.3 Å². The van der Waals surface area contributed by atoms with Gasteiger partial charge in [-0.3, -0.25) is 9.78 Å². The van der Waals surface area contributed by atoms with Crippen LogP contribution in [-0.4, -0.2) is 15.9 Å². The van der Waals surface area contributed by atoms with Crippen molar-refractivity contribution in [2.45, 2.75) is 24.8 Å². The fourth-order valence-corrected chi connectivity index (χ4v) is 2.47. The number of nitrogens with zero attached hydrogens (tertiary/aromatic N) is 2. The van der Waals surface area contributed by atoms with Crippen molar-refractivity contribution in [1.82, 2.24) is 15.3 Å². The Morgan fingerprint density at radius 2 is 1.95 bits per heavy atom. The van der Waals surface area contributed by atoms with Gasteiger partial charge >= 0.3 is 0 Å². The first-order chi connectivity index (χ1) is 9.30. The number of amides is 1. The van der Waals surface area contributed by atoms with Gasteiger partial charge in [0, 0.05) is 12.4 Å². The van der Waals surface area contributed by atoms with Gasteiger partial charge in [-0.15, -0.1) is 0 Å². The molecule has 1 aromatic heterocycles. The lowest BCUT2D eigenvalue weighted by molar-refractivity contribution is 0.0817. The number of carbonyl (C=O) groups excluding carboxylic acids is 1. The minimum Gasteiger partial charge on any atom is -0.341 e. The van der Waals surface area contributed by atoms with Crippen molar-refractivity contribution >= 4 is 5.91 Å². The molecule has 1 fully saturated rings. The van der Waals surface area contributed by atoms with Crippen LogP contribution in [0.2, 0.25) is 0 Å². The van der Waals surface area contributed by atoms with Crippen LogP contribution >= 0.6 is 0 Å². The van der Waals surface area contributed by atoms with Crippen molar-refractivity contribution in [3.05, 3.63) is 60.2 Å². The molecule has 0 unspecified atom stereocenters. The normalized spacial score (nSPS) is 16.4. The monoisotopic (exact) mass is 253 g/mol.